The summed E-state index contributed by atoms with van der Waals surface area (Å²) in [5.74, 6) is -3.61. The molecule has 7 nitrogen and oxygen atoms in total. The lowest BCUT2D eigenvalue weighted by molar-refractivity contribution is -0.192. The van der Waals surface area contributed by atoms with Crippen molar-refractivity contribution in [3.05, 3.63) is 46.8 Å². The number of aryl methyl sites for hydroxylation is 1. The second-order valence-corrected chi connectivity index (χ2v) is 5.39. The molecule has 134 valence electrons. The van der Waals surface area contributed by atoms with Crippen molar-refractivity contribution in [3.8, 4) is 0 Å². The number of halogens is 3. The van der Waals surface area contributed by atoms with Gasteiger partial charge < -0.3 is 10.2 Å². The molecule has 1 aliphatic rings. The second kappa shape index (κ2) is 7.32. The Bertz CT molecular complexity index is 773. The predicted octanol–water partition coefficient (Wildman–Crippen LogP) is 2.41. The molecule has 0 aliphatic heterocycles. The fraction of sp³-hybridized carbons (Fsp3) is 0.333. The van der Waals surface area contributed by atoms with Crippen LogP contribution in [0.3, 0.4) is 0 Å². The summed E-state index contributed by atoms with van der Waals surface area (Å²) in [5, 5.41) is 26.2. The van der Waals surface area contributed by atoms with Crippen molar-refractivity contribution in [1.82, 2.24) is 15.4 Å². The van der Waals surface area contributed by atoms with Crippen molar-refractivity contribution in [3.63, 3.8) is 0 Å². The third-order valence-electron chi connectivity index (χ3n) is 3.77. The summed E-state index contributed by atoms with van der Waals surface area (Å²) >= 11 is 0. The second-order valence-electron chi connectivity index (χ2n) is 5.39. The number of carboxylic acids is 2. The van der Waals surface area contributed by atoms with Gasteiger partial charge in [0.2, 0.25) is 0 Å². The molecule has 1 unspecified atom stereocenters. The van der Waals surface area contributed by atoms with Crippen molar-refractivity contribution in [2.75, 3.05) is 0 Å². The van der Waals surface area contributed by atoms with E-state index in [1.165, 1.54) is 11.1 Å². The van der Waals surface area contributed by atoms with Crippen LogP contribution in [-0.4, -0.2) is 43.7 Å². The minimum atomic E-state index is -5.08. The van der Waals surface area contributed by atoms with Gasteiger partial charge >= 0.3 is 18.1 Å². The molecule has 25 heavy (non-hydrogen) atoms. The molecule has 1 heterocycles. The molecule has 0 saturated heterocycles. The van der Waals surface area contributed by atoms with Gasteiger partial charge in [0.1, 0.15) is 5.69 Å². The SMILES string of the molecule is O=C(O)C(F)(F)F.O=C(O)c1[nH]nnc1C1CCc2ccccc2C1. The Kier molecular flexibility index (Phi) is 5.40. The molecule has 0 bridgehead atoms. The number of fused-ring (bicyclic) bond motifs is 1. The topological polar surface area (TPSA) is 116 Å². The van der Waals surface area contributed by atoms with Gasteiger partial charge in [-0.15, -0.1) is 5.10 Å². The molecule has 0 saturated carbocycles. The minimum absolute atomic E-state index is 0.124. The van der Waals surface area contributed by atoms with Gasteiger partial charge in [-0.1, -0.05) is 29.5 Å². The van der Waals surface area contributed by atoms with E-state index in [4.69, 9.17) is 15.0 Å². The highest BCUT2D eigenvalue weighted by atomic mass is 19.4. The minimum Gasteiger partial charge on any atom is -0.476 e. The predicted molar refractivity (Wildman–Crippen MR) is 78.2 cm³/mol. The highest BCUT2D eigenvalue weighted by Crippen LogP contribution is 2.32. The van der Waals surface area contributed by atoms with E-state index in [1.54, 1.807) is 0 Å². The number of aromatic carboxylic acids is 1. The Labute approximate surface area is 139 Å². The Morgan fingerprint density at radius 1 is 1.16 bits per heavy atom. The highest BCUT2D eigenvalue weighted by Gasteiger charge is 2.38. The third kappa shape index (κ3) is 4.55. The van der Waals surface area contributed by atoms with Gasteiger partial charge in [0, 0.05) is 5.92 Å². The van der Waals surface area contributed by atoms with E-state index in [0.29, 0.717) is 5.69 Å². The molecule has 0 amide bonds. The maximum atomic E-state index is 11.1. The number of nitrogens with one attached hydrogen (secondary N) is 1. The van der Waals surface area contributed by atoms with E-state index in [9.17, 15) is 18.0 Å². The van der Waals surface area contributed by atoms with Gasteiger partial charge in [0.15, 0.2) is 5.69 Å². The number of benzene rings is 1. The van der Waals surface area contributed by atoms with Crippen LogP contribution in [0.1, 0.15) is 39.6 Å². The first-order valence-electron chi connectivity index (χ1n) is 7.21. The summed E-state index contributed by atoms with van der Waals surface area (Å²) in [7, 11) is 0. The Balaban J connectivity index is 0.000000277. The lowest BCUT2D eigenvalue weighted by Crippen LogP contribution is -2.21. The normalized spacial score (nSPS) is 16.4. The maximum Gasteiger partial charge on any atom is 0.490 e. The quantitative estimate of drug-likeness (QED) is 0.760. The van der Waals surface area contributed by atoms with E-state index >= 15 is 0 Å². The number of alkyl halides is 3. The number of aromatic nitrogens is 3. The van der Waals surface area contributed by atoms with Crippen molar-refractivity contribution in [2.45, 2.75) is 31.4 Å². The number of aromatic amines is 1. The van der Waals surface area contributed by atoms with Crippen LogP contribution in [0, 0.1) is 0 Å². The number of H-pyrrole nitrogens is 1. The van der Waals surface area contributed by atoms with E-state index in [0.717, 1.165) is 19.3 Å². The zero-order valence-corrected chi connectivity index (χ0v) is 12.7. The van der Waals surface area contributed by atoms with Gasteiger partial charge in [0.05, 0.1) is 0 Å². The summed E-state index contributed by atoms with van der Waals surface area (Å²) in [5.41, 5.74) is 3.35. The number of aliphatic carboxylic acids is 1. The molecule has 1 aliphatic carbocycles. The van der Waals surface area contributed by atoms with Gasteiger partial charge in [-0.2, -0.15) is 13.2 Å². The molecular formula is C15H14F3N3O4. The Hall–Kier alpha value is -2.91. The molecule has 3 rings (SSSR count). The van der Waals surface area contributed by atoms with E-state index in [-0.39, 0.29) is 11.6 Å². The van der Waals surface area contributed by atoms with Gasteiger partial charge in [-0.3, -0.25) is 5.10 Å². The maximum absolute atomic E-state index is 11.1. The molecule has 1 aromatic carbocycles. The van der Waals surface area contributed by atoms with Crippen molar-refractivity contribution in [1.29, 1.82) is 0 Å². The van der Waals surface area contributed by atoms with Crippen LogP contribution in [0.5, 0.6) is 0 Å². The average Bonchev–Trinajstić information content (AvgIpc) is 3.04. The van der Waals surface area contributed by atoms with E-state index in [2.05, 4.69) is 27.5 Å². The first-order valence-corrected chi connectivity index (χ1v) is 7.21. The van der Waals surface area contributed by atoms with Crippen LogP contribution < -0.4 is 0 Å². The smallest absolute Gasteiger partial charge is 0.476 e. The third-order valence-corrected chi connectivity index (χ3v) is 3.77. The van der Waals surface area contributed by atoms with Crippen LogP contribution in [-0.2, 0) is 17.6 Å². The van der Waals surface area contributed by atoms with Crippen molar-refractivity contribution in [2.24, 2.45) is 0 Å². The van der Waals surface area contributed by atoms with Crippen molar-refractivity contribution >= 4 is 11.9 Å². The lowest BCUT2D eigenvalue weighted by Gasteiger charge is -2.23. The highest BCUT2D eigenvalue weighted by molar-refractivity contribution is 5.86. The standard InChI is InChI=1S/C13H13N3O2.C2HF3O2/c17-13(18)12-11(14-16-15-12)10-6-5-8-3-1-2-4-9(8)7-10;3-2(4,5)1(6)7/h1-4,10H,5-7H2,(H,17,18)(H,14,15,16);(H,6,7). The molecular weight excluding hydrogens is 343 g/mol. The molecule has 2 aromatic rings. The van der Waals surface area contributed by atoms with Crippen LogP contribution in [0.4, 0.5) is 13.2 Å². The van der Waals surface area contributed by atoms with Gasteiger partial charge in [-0.05, 0) is 30.4 Å². The summed E-state index contributed by atoms with van der Waals surface area (Å²) in [6.45, 7) is 0. The molecule has 0 radical (unpaired) electrons. The monoisotopic (exact) mass is 357 g/mol. The molecule has 0 fully saturated rings. The van der Waals surface area contributed by atoms with Gasteiger partial charge in [-0.25, -0.2) is 9.59 Å². The van der Waals surface area contributed by atoms with Crippen LogP contribution in [0.25, 0.3) is 0 Å². The Morgan fingerprint density at radius 3 is 2.32 bits per heavy atom. The number of carboxylic acid groups (broad SMARTS) is 2. The number of hydrogen-bond acceptors (Lipinski definition) is 4. The number of hydrogen-bond donors (Lipinski definition) is 3. The van der Waals surface area contributed by atoms with E-state index in [1.807, 2.05) is 12.1 Å². The Morgan fingerprint density at radius 2 is 1.76 bits per heavy atom. The lowest BCUT2D eigenvalue weighted by atomic mass is 9.82. The van der Waals surface area contributed by atoms with Crippen molar-refractivity contribution < 1.29 is 33.0 Å². The molecule has 1 atom stereocenters. The molecule has 3 N–H and O–H groups in total. The van der Waals surface area contributed by atoms with Gasteiger partial charge in [0.25, 0.3) is 0 Å². The fourth-order valence-electron chi connectivity index (χ4n) is 2.61. The largest absolute Gasteiger partial charge is 0.490 e. The zero-order chi connectivity index (χ0) is 18.6. The summed E-state index contributed by atoms with van der Waals surface area (Å²) in [6, 6.07) is 8.29. The fourth-order valence-corrected chi connectivity index (χ4v) is 2.61. The van der Waals surface area contributed by atoms with Crippen LogP contribution in [0.15, 0.2) is 24.3 Å². The first kappa shape index (κ1) is 18.4. The average molecular weight is 357 g/mol. The summed E-state index contributed by atoms with van der Waals surface area (Å²) < 4.78 is 31.7. The zero-order valence-electron chi connectivity index (χ0n) is 12.7. The molecule has 10 heteroatoms. The first-order chi connectivity index (χ1) is 11.7. The summed E-state index contributed by atoms with van der Waals surface area (Å²) in [6.07, 6.45) is -2.36. The number of rotatable bonds is 2. The molecule has 1 aromatic heterocycles. The number of carbonyl (C=O) groups is 2. The van der Waals surface area contributed by atoms with E-state index < -0.39 is 18.1 Å². The number of nitrogens with zero attached hydrogens (tertiary/aromatic N) is 2. The van der Waals surface area contributed by atoms with Crippen LogP contribution >= 0.6 is 0 Å². The van der Waals surface area contributed by atoms with Crippen LogP contribution in [0.2, 0.25) is 0 Å². The molecule has 0 spiro atoms. The summed E-state index contributed by atoms with van der Waals surface area (Å²) in [4.78, 5) is 20.0.